The first-order valence-electron chi connectivity index (χ1n) is 7.76. The van der Waals surface area contributed by atoms with Gasteiger partial charge in [-0.1, -0.05) is 19.8 Å². The van der Waals surface area contributed by atoms with Crippen molar-refractivity contribution >= 4 is 11.9 Å². The van der Waals surface area contributed by atoms with Gasteiger partial charge in [-0.15, -0.1) is 0 Å². The first kappa shape index (κ1) is 15.3. The van der Waals surface area contributed by atoms with Crippen LogP contribution in [0.2, 0.25) is 0 Å². The fourth-order valence-corrected chi connectivity index (χ4v) is 3.35. The van der Waals surface area contributed by atoms with Gasteiger partial charge in [0, 0.05) is 26.2 Å². The molecule has 0 aromatic rings. The van der Waals surface area contributed by atoms with Gasteiger partial charge >= 0.3 is 5.97 Å². The molecule has 2 saturated heterocycles. The summed E-state index contributed by atoms with van der Waals surface area (Å²) >= 11 is 0. The Morgan fingerprint density at radius 1 is 1.10 bits per heavy atom. The van der Waals surface area contributed by atoms with Crippen LogP contribution in [0.25, 0.3) is 0 Å². The van der Waals surface area contributed by atoms with Crippen LogP contribution in [0.1, 0.15) is 39.5 Å². The molecular formula is C15H26N2O3. The quantitative estimate of drug-likeness (QED) is 0.850. The Morgan fingerprint density at radius 3 is 2.20 bits per heavy atom. The number of hydrogen-bond donors (Lipinski definition) is 1. The number of likely N-dealkylation sites (tertiary alicyclic amines) is 2. The molecule has 1 amide bonds. The molecule has 20 heavy (non-hydrogen) atoms. The highest BCUT2D eigenvalue weighted by Crippen LogP contribution is 2.25. The second-order valence-corrected chi connectivity index (χ2v) is 6.29. The van der Waals surface area contributed by atoms with Crippen LogP contribution in [0, 0.1) is 11.8 Å². The number of carbonyl (C=O) groups excluding carboxylic acids is 1. The Hall–Kier alpha value is -1.10. The Kier molecular flexibility index (Phi) is 5.02. The highest BCUT2D eigenvalue weighted by atomic mass is 16.4. The lowest BCUT2D eigenvalue weighted by Gasteiger charge is -2.29. The molecule has 3 unspecified atom stereocenters. The fraction of sp³-hybridized carbons (Fsp3) is 0.867. The Balaban J connectivity index is 1.95. The summed E-state index contributed by atoms with van der Waals surface area (Å²) in [6.07, 6.45) is 4.60. The Morgan fingerprint density at radius 2 is 1.70 bits per heavy atom. The number of carboxylic acids is 1. The van der Waals surface area contributed by atoms with E-state index in [0.717, 1.165) is 25.9 Å². The summed E-state index contributed by atoms with van der Waals surface area (Å²) in [5.74, 6) is -0.791. The zero-order valence-electron chi connectivity index (χ0n) is 12.5. The van der Waals surface area contributed by atoms with Gasteiger partial charge in [-0.05, 0) is 25.7 Å². The molecule has 0 bridgehead atoms. The van der Waals surface area contributed by atoms with E-state index in [1.165, 1.54) is 12.8 Å². The third-order valence-corrected chi connectivity index (χ3v) is 4.78. The zero-order valence-corrected chi connectivity index (χ0v) is 12.5. The number of carbonyl (C=O) groups is 2. The smallest absolute Gasteiger partial charge is 0.308 e. The summed E-state index contributed by atoms with van der Waals surface area (Å²) in [5.41, 5.74) is 0. The van der Waals surface area contributed by atoms with Crippen molar-refractivity contribution in [1.29, 1.82) is 0 Å². The largest absolute Gasteiger partial charge is 0.481 e. The number of carboxylic acid groups (broad SMARTS) is 1. The van der Waals surface area contributed by atoms with Gasteiger partial charge in [0.05, 0.1) is 12.0 Å². The Labute approximate surface area is 120 Å². The van der Waals surface area contributed by atoms with Gasteiger partial charge in [0.15, 0.2) is 0 Å². The third-order valence-electron chi connectivity index (χ3n) is 4.78. The van der Waals surface area contributed by atoms with Crippen molar-refractivity contribution in [2.24, 2.45) is 11.8 Å². The molecule has 5 nitrogen and oxygen atoms in total. The van der Waals surface area contributed by atoms with Gasteiger partial charge in [-0.25, -0.2) is 0 Å². The molecule has 3 atom stereocenters. The number of rotatable bonds is 3. The van der Waals surface area contributed by atoms with E-state index in [1.807, 2.05) is 23.6 Å². The van der Waals surface area contributed by atoms with Crippen molar-refractivity contribution in [3.63, 3.8) is 0 Å². The van der Waals surface area contributed by atoms with Crippen molar-refractivity contribution in [3.05, 3.63) is 0 Å². The average molecular weight is 282 g/mol. The van der Waals surface area contributed by atoms with E-state index in [0.29, 0.717) is 13.1 Å². The van der Waals surface area contributed by atoms with Gasteiger partial charge in [-0.2, -0.15) is 0 Å². The van der Waals surface area contributed by atoms with Crippen molar-refractivity contribution in [2.45, 2.75) is 45.6 Å². The molecule has 114 valence electrons. The van der Waals surface area contributed by atoms with Crippen LogP contribution in [0.4, 0.5) is 0 Å². The first-order valence-corrected chi connectivity index (χ1v) is 7.76. The predicted molar refractivity (Wildman–Crippen MR) is 76.4 cm³/mol. The zero-order chi connectivity index (χ0) is 14.7. The number of amides is 1. The SMILES string of the molecule is CC1CN(C(C)C(=O)N2CCCCCC2)CC1C(=O)O. The Bertz CT molecular complexity index is 364. The molecular weight excluding hydrogens is 256 g/mol. The van der Waals surface area contributed by atoms with Crippen molar-refractivity contribution in [2.75, 3.05) is 26.2 Å². The molecule has 1 N–H and O–H groups in total. The van der Waals surface area contributed by atoms with Crippen LogP contribution in [-0.4, -0.2) is 59.0 Å². The van der Waals surface area contributed by atoms with E-state index in [1.54, 1.807) is 0 Å². The molecule has 2 aliphatic heterocycles. The number of aliphatic carboxylic acids is 1. The highest BCUT2D eigenvalue weighted by molar-refractivity contribution is 5.81. The number of hydrogen-bond acceptors (Lipinski definition) is 3. The van der Waals surface area contributed by atoms with E-state index >= 15 is 0 Å². The molecule has 2 fully saturated rings. The van der Waals surface area contributed by atoms with Crippen molar-refractivity contribution in [1.82, 2.24) is 9.80 Å². The molecule has 2 heterocycles. The summed E-state index contributed by atoms with van der Waals surface area (Å²) in [6.45, 7) is 6.80. The van der Waals surface area contributed by atoms with Crippen LogP contribution >= 0.6 is 0 Å². The van der Waals surface area contributed by atoms with Crippen LogP contribution < -0.4 is 0 Å². The standard InChI is InChI=1S/C15H26N2O3/c1-11-9-17(10-13(11)15(19)20)12(2)14(18)16-7-5-3-4-6-8-16/h11-13H,3-10H2,1-2H3,(H,19,20). The summed E-state index contributed by atoms with van der Waals surface area (Å²) < 4.78 is 0. The molecule has 2 rings (SSSR count). The lowest BCUT2D eigenvalue weighted by atomic mass is 9.99. The molecule has 0 radical (unpaired) electrons. The normalized spacial score (nSPS) is 30.0. The van der Waals surface area contributed by atoms with Crippen LogP contribution in [-0.2, 0) is 9.59 Å². The predicted octanol–water partition coefficient (Wildman–Crippen LogP) is 1.43. The van der Waals surface area contributed by atoms with Gasteiger partial charge in [0.25, 0.3) is 0 Å². The topological polar surface area (TPSA) is 60.9 Å². The van der Waals surface area contributed by atoms with Gasteiger partial charge in [-0.3, -0.25) is 14.5 Å². The maximum absolute atomic E-state index is 12.6. The molecule has 0 aromatic carbocycles. The van der Waals surface area contributed by atoms with E-state index in [4.69, 9.17) is 0 Å². The molecule has 0 aromatic heterocycles. The van der Waals surface area contributed by atoms with E-state index in [9.17, 15) is 14.7 Å². The van der Waals surface area contributed by atoms with E-state index in [-0.39, 0.29) is 23.8 Å². The second-order valence-electron chi connectivity index (χ2n) is 6.29. The molecule has 0 aliphatic carbocycles. The average Bonchev–Trinajstić information content (AvgIpc) is 2.64. The summed E-state index contributed by atoms with van der Waals surface area (Å²) in [7, 11) is 0. The van der Waals surface area contributed by atoms with Gasteiger partial charge in [0.2, 0.25) is 5.91 Å². The van der Waals surface area contributed by atoms with E-state index in [2.05, 4.69) is 0 Å². The lowest BCUT2D eigenvalue weighted by molar-refractivity contribution is -0.143. The molecule has 5 heteroatoms. The third kappa shape index (κ3) is 3.32. The minimum atomic E-state index is -0.741. The molecule has 0 saturated carbocycles. The lowest BCUT2D eigenvalue weighted by Crippen LogP contribution is -2.47. The minimum Gasteiger partial charge on any atom is -0.481 e. The first-order chi connectivity index (χ1) is 9.50. The molecule has 0 spiro atoms. The van der Waals surface area contributed by atoms with Crippen LogP contribution in [0.3, 0.4) is 0 Å². The molecule has 2 aliphatic rings. The monoisotopic (exact) mass is 282 g/mol. The van der Waals surface area contributed by atoms with Gasteiger partial charge < -0.3 is 10.0 Å². The fourth-order valence-electron chi connectivity index (χ4n) is 3.35. The number of nitrogens with zero attached hydrogens (tertiary/aromatic N) is 2. The highest BCUT2D eigenvalue weighted by Gasteiger charge is 2.39. The summed E-state index contributed by atoms with van der Waals surface area (Å²) in [6, 6.07) is -0.195. The maximum atomic E-state index is 12.6. The minimum absolute atomic E-state index is 0.117. The van der Waals surface area contributed by atoms with Crippen LogP contribution in [0.15, 0.2) is 0 Å². The van der Waals surface area contributed by atoms with Crippen molar-refractivity contribution in [3.8, 4) is 0 Å². The second kappa shape index (κ2) is 6.57. The summed E-state index contributed by atoms with van der Waals surface area (Å²) in [4.78, 5) is 27.7. The van der Waals surface area contributed by atoms with E-state index < -0.39 is 5.97 Å². The summed E-state index contributed by atoms with van der Waals surface area (Å²) in [5, 5.41) is 9.19. The van der Waals surface area contributed by atoms with Crippen molar-refractivity contribution < 1.29 is 14.7 Å². The maximum Gasteiger partial charge on any atom is 0.308 e. The van der Waals surface area contributed by atoms with Gasteiger partial charge in [0.1, 0.15) is 0 Å². The van der Waals surface area contributed by atoms with Crippen LogP contribution in [0.5, 0.6) is 0 Å².